The summed E-state index contributed by atoms with van der Waals surface area (Å²) in [7, 11) is 0. The van der Waals surface area contributed by atoms with E-state index in [-0.39, 0.29) is 5.41 Å². The average Bonchev–Trinajstić information content (AvgIpc) is 1.86. The highest BCUT2D eigenvalue weighted by atomic mass is 16.5. The molecule has 1 aliphatic rings. The fraction of sp³-hybridized carbons (Fsp3) is 0.714. The van der Waals surface area contributed by atoms with Gasteiger partial charge in [0, 0.05) is 11.9 Å². The molecule has 0 unspecified atom stereocenters. The Hall–Kier alpha value is -0.700. The maximum Gasteiger partial charge on any atom is 0.0600 e. The molecule has 0 bridgehead atoms. The van der Waals surface area contributed by atoms with E-state index in [4.69, 9.17) is 16.2 Å². The zero-order valence-corrected chi connectivity index (χ0v) is 6.26. The lowest BCUT2D eigenvalue weighted by atomic mass is 9.80. The minimum absolute atomic E-state index is 0.0642. The maximum atomic E-state index is 5.68. The molecule has 1 fully saturated rings. The van der Waals surface area contributed by atoms with Crippen LogP contribution in [0, 0.1) is 5.41 Å². The van der Waals surface area contributed by atoms with Gasteiger partial charge in [-0.3, -0.25) is 0 Å². The summed E-state index contributed by atoms with van der Waals surface area (Å²) >= 11 is 0. The number of rotatable bonds is 2. The van der Waals surface area contributed by atoms with E-state index >= 15 is 0 Å². The molecule has 3 heteroatoms. The Morgan fingerprint density at radius 2 is 2.30 bits per heavy atom. The lowest BCUT2D eigenvalue weighted by molar-refractivity contribution is -0.0917. The van der Waals surface area contributed by atoms with Gasteiger partial charge in [0.15, 0.2) is 0 Å². The molecule has 1 saturated heterocycles. The van der Waals surface area contributed by atoms with Crippen molar-refractivity contribution in [3.05, 3.63) is 11.9 Å². The van der Waals surface area contributed by atoms with Crippen LogP contribution in [0.5, 0.6) is 0 Å². The molecule has 1 aliphatic heterocycles. The normalized spacial score (nSPS) is 23.9. The average molecular weight is 142 g/mol. The standard InChI is InChI=1S/C7H14N2O/c1-2-7(4-10-5-7)6(9)3-8/h3H,2,4-5,8-9H2,1H3/b6-3-. The monoisotopic (exact) mass is 142 g/mol. The van der Waals surface area contributed by atoms with Crippen LogP contribution in [0.15, 0.2) is 11.9 Å². The number of hydrogen-bond acceptors (Lipinski definition) is 3. The summed E-state index contributed by atoms with van der Waals surface area (Å²) in [5, 5.41) is 0. The van der Waals surface area contributed by atoms with Crippen molar-refractivity contribution in [1.82, 2.24) is 0 Å². The van der Waals surface area contributed by atoms with Crippen LogP contribution in [0.25, 0.3) is 0 Å². The third kappa shape index (κ3) is 0.865. The fourth-order valence-electron chi connectivity index (χ4n) is 1.10. The van der Waals surface area contributed by atoms with Gasteiger partial charge in [0.05, 0.1) is 18.6 Å². The summed E-state index contributed by atoms with van der Waals surface area (Å²) in [5.41, 5.74) is 11.8. The molecule has 0 saturated carbocycles. The van der Waals surface area contributed by atoms with Gasteiger partial charge in [-0.1, -0.05) is 6.92 Å². The minimum Gasteiger partial charge on any atom is -0.403 e. The van der Waals surface area contributed by atoms with Crippen molar-refractivity contribution in [3.8, 4) is 0 Å². The highest BCUT2D eigenvalue weighted by molar-refractivity contribution is 5.12. The largest absolute Gasteiger partial charge is 0.403 e. The minimum atomic E-state index is 0.0642. The first-order valence-electron chi connectivity index (χ1n) is 3.51. The molecule has 3 nitrogen and oxygen atoms in total. The van der Waals surface area contributed by atoms with Crippen molar-refractivity contribution >= 4 is 0 Å². The Labute approximate surface area is 61.0 Å². The van der Waals surface area contributed by atoms with E-state index in [1.54, 1.807) is 0 Å². The van der Waals surface area contributed by atoms with Crippen molar-refractivity contribution in [3.63, 3.8) is 0 Å². The van der Waals surface area contributed by atoms with Gasteiger partial charge >= 0.3 is 0 Å². The Kier molecular flexibility index (Phi) is 1.85. The van der Waals surface area contributed by atoms with Gasteiger partial charge in [-0.15, -0.1) is 0 Å². The fourth-order valence-corrected chi connectivity index (χ4v) is 1.10. The van der Waals surface area contributed by atoms with Crippen LogP contribution >= 0.6 is 0 Å². The first-order chi connectivity index (χ1) is 4.75. The number of nitrogens with two attached hydrogens (primary N) is 2. The summed E-state index contributed by atoms with van der Waals surface area (Å²) < 4.78 is 5.08. The molecule has 0 radical (unpaired) electrons. The third-order valence-corrected chi connectivity index (χ3v) is 2.23. The summed E-state index contributed by atoms with van der Waals surface area (Å²) in [4.78, 5) is 0. The van der Waals surface area contributed by atoms with Crippen LogP contribution in [-0.2, 0) is 4.74 Å². The predicted molar refractivity (Wildman–Crippen MR) is 40.0 cm³/mol. The van der Waals surface area contributed by atoms with Gasteiger partial charge < -0.3 is 16.2 Å². The predicted octanol–water partition coefficient (Wildman–Crippen LogP) is 0.172. The van der Waals surface area contributed by atoms with Crippen molar-refractivity contribution in [2.24, 2.45) is 16.9 Å². The van der Waals surface area contributed by atoms with Crippen LogP contribution in [0.4, 0.5) is 0 Å². The van der Waals surface area contributed by atoms with Crippen molar-refractivity contribution < 1.29 is 4.74 Å². The lowest BCUT2D eigenvalue weighted by Crippen LogP contribution is -2.46. The van der Waals surface area contributed by atoms with E-state index in [2.05, 4.69) is 6.92 Å². The molecular weight excluding hydrogens is 128 g/mol. The second-order valence-electron chi connectivity index (χ2n) is 2.75. The smallest absolute Gasteiger partial charge is 0.0600 e. The van der Waals surface area contributed by atoms with E-state index in [0.29, 0.717) is 0 Å². The molecule has 10 heavy (non-hydrogen) atoms. The van der Waals surface area contributed by atoms with Gasteiger partial charge in [0.25, 0.3) is 0 Å². The molecule has 0 atom stereocenters. The molecule has 1 heterocycles. The second-order valence-corrected chi connectivity index (χ2v) is 2.75. The zero-order chi connectivity index (χ0) is 7.61. The second kappa shape index (κ2) is 2.50. The summed E-state index contributed by atoms with van der Waals surface area (Å²) in [6.07, 6.45) is 2.48. The highest BCUT2D eigenvalue weighted by Crippen LogP contribution is 2.35. The topological polar surface area (TPSA) is 61.3 Å². The van der Waals surface area contributed by atoms with Gasteiger partial charge in [0.1, 0.15) is 0 Å². The summed E-state index contributed by atoms with van der Waals surface area (Å²) in [6.45, 7) is 3.55. The third-order valence-electron chi connectivity index (χ3n) is 2.23. The lowest BCUT2D eigenvalue weighted by Gasteiger charge is -2.40. The van der Waals surface area contributed by atoms with E-state index in [9.17, 15) is 0 Å². The molecule has 0 aromatic heterocycles. The van der Waals surface area contributed by atoms with Crippen LogP contribution in [0.2, 0.25) is 0 Å². The zero-order valence-electron chi connectivity index (χ0n) is 6.26. The van der Waals surface area contributed by atoms with Crippen LogP contribution < -0.4 is 11.5 Å². The molecular formula is C7H14N2O. The van der Waals surface area contributed by atoms with E-state index in [0.717, 1.165) is 25.3 Å². The Morgan fingerprint density at radius 1 is 1.70 bits per heavy atom. The quantitative estimate of drug-likeness (QED) is 0.578. The highest BCUT2D eigenvalue weighted by Gasteiger charge is 2.39. The van der Waals surface area contributed by atoms with Gasteiger partial charge in [-0.25, -0.2) is 0 Å². The molecule has 4 N–H and O–H groups in total. The first kappa shape index (κ1) is 7.41. The SMILES string of the molecule is CCC1(/C(N)=C/N)COC1. The van der Waals surface area contributed by atoms with Gasteiger partial charge in [-0.05, 0) is 6.42 Å². The molecule has 0 aromatic rings. The van der Waals surface area contributed by atoms with Crippen molar-refractivity contribution in [2.45, 2.75) is 13.3 Å². The Morgan fingerprint density at radius 3 is 2.40 bits per heavy atom. The number of hydrogen-bond donors (Lipinski definition) is 2. The Balaban J connectivity index is 2.64. The van der Waals surface area contributed by atoms with E-state index in [1.165, 1.54) is 6.20 Å². The maximum absolute atomic E-state index is 5.68. The van der Waals surface area contributed by atoms with E-state index in [1.807, 2.05) is 0 Å². The van der Waals surface area contributed by atoms with E-state index < -0.39 is 0 Å². The molecule has 0 amide bonds. The van der Waals surface area contributed by atoms with Gasteiger partial charge in [-0.2, -0.15) is 0 Å². The molecule has 58 valence electrons. The van der Waals surface area contributed by atoms with Gasteiger partial charge in [0.2, 0.25) is 0 Å². The Bertz CT molecular complexity index is 144. The molecule has 0 aromatic carbocycles. The summed E-state index contributed by atoms with van der Waals surface area (Å²) in [6, 6.07) is 0. The molecule has 0 spiro atoms. The number of ether oxygens (including phenoxy) is 1. The van der Waals surface area contributed by atoms with Crippen molar-refractivity contribution in [2.75, 3.05) is 13.2 Å². The van der Waals surface area contributed by atoms with Crippen LogP contribution in [0.1, 0.15) is 13.3 Å². The first-order valence-corrected chi connectivity index (χ1v) is 3.51. The van der Waals surface area contributed by atoms with Crippen LogP contribution in [-0.4, -0.2) is 13.2 Å². The molecule has 1 rings (SSSR count). The van der Waals surface area contributed by atoms with Crippen molar-refractivity contribution in [1.29, 1.82) is 0 Å². The molecule has 0 aliphatic carbocycles. The van der Waals surface area contributed by atoms with Crippen LogP contribution in [0.3, 0.4) is 0 Å². The summed E-state index contributed by atoms with van der Waals surface area (Å²) in [5.74, 6) is 0.